The van der Waals surface area contributed by atoms with E-state index >= 15 is 0 Å². The Hall–Kier alpha value is -0.610. The van der Waals surface area contributed by atoms with E-state index in [1.165, 1.54) is 32.8 Å². The van der Waals surface area contributed by atoms with Crippen LogP contribution in [0.15, 0.2) is 0 Å². The molecule has 1 aliphatic carbocycles. The number of hydrogen-bond acceptors (Lipinski definition) is 4. The second-order valence-electron chi connectivity index (χ2n) is 5.62. The van der Waals surface area contributed by atoms with Crippen LogP contribution in [-0.4, -0.2) is 61.6 Å². The van der Waals surface area contributed by atoms with Crippen LogP contribution in [0.3, 0.4) is 0 Å². The summed E-state index contributed by atoms with van der Waals surface area (Å²) in [7, 11) is 5.81. The lowest BCUT2D eigenvalue weighted by Crippen LogP contribution is -2.60. The molecule has 0 N–H and O–H groups in total. The molecule has 1 atom stereocenters. The largest absolute Gasteiger partial charge is 0.468 e. The number of hydrogen-bond donors (Lipinski definition) is 0. The molecule has 0 radical (unpaired) electrons. The fourth-order valence-corrected chi connectivity index (χ4v) is 3.19. The number of ether oxygens (including phenoxy) is 1. The quantitative estimate of drug-likeness (QED) is 0.689. The van der Waals surface area contributed by atoms with Gasteiger partial charge in [0.25, 0.3) is 0 Å². The molecule has 2 rings (SSSR count). The van der Waals surface area contributed by atoms with Gasteiger partial charge in [-0.3, -0.25) is 9.69 Å². The topological polar surface area (TPSA) is 32.8 Å². The lowest BCUT2D eigenvalue weighted by atomic mass is 9.91. The summed E-state index contributed by atoms with van der Waals surface area (Å²) in [6, 6.07) is 0.0115. The van der Waals surface area contributed by atoms with Crippen LogP contribution in [0.5, 0.6) is 0 Å². The summed E-state index contributed by atoms with van der Waals surface area (Å²) in [5.74, 6) is -0.0665. The second kappa shape index (κ2) is 4.94. The van der Waals surface area contributed by atoms with Gasteiger partial charge in [-0.05, 0) is 33.4 Å². The van der Waals surface area contributed by atoms with Crippen molar-refractivity contribution in [1.29, 1.82) is 0 Å². The molecule has 0 amide bonds. The number of methoxy groups -OCH3 is 1. The molecular weight excluding hydrogens is 216 g/mol. The zero-order chi connectivity index (χ0) is 12.5. The Balaban J connectivity index is 1.97. The Kier molecular flexibility index (Phi) is 3.73. The van der Waals surface area contributed by atoms with Crippen LogP contribution in [0.4, 0.5) is 0 Å². The van der Waals surface area contributed by atoms with E-state index in [1.807, 2.05) is 0 Å². The Bertz CT molecular complexity index is 285. The van der Waals surface area contributed by atoms with E-state index in [9.17, 15) is 4.79 Å². The van der Waals surface area contributed by atoms with Crippen molar-refractivity contribution in [2.24, 2.45) is 0 Å². The van der Waals surface area contributed by atoms with Gasteiger partial charge in [0.15, 0.2) is 0 Å². The number of carbonyl (C=O) groups excluding carboxylic acids is 1. The summed E-state index contributed by atoms with van der Waals surface area (Å²) in [6.45, 7) is 2.05. The number of esters is 1. The fourth-order valence-electron chi connectivity index (χ4n) is 3.19. The number of nitrogens with zero attached hydrogens (tertiary/aromatic N) is 2. The van der Waals surface area contributed by atoms with Crippen molar-refractivity contribution in [2.45, 2.75) is 43.7 Å². The van der Waals surface area contributed by atoms with Gasteiger partial charge < -0.3 is 9.64 Å². The highest BCUT2D eigenvalue weighted by atomic mass is 16.5. The van der Waals surface area contributed by atoms with Gasteiger partial charge in [-0.25, -0.2) is 0 Å². The summed E-state index contributed by atoms with van der Waals surface area (Å²) in [5, 5.41) is 0. The first-order valence-electron chi connectivity index (χ1n) is 6.58. The van der Waals surface area contributed by atoms with E-state index in [0.29, 0.717) is 0 Å². The number of carbonyl (C=O) groups is 1. The van der Waals surface area contributed by atoms with Crippen molar-refractivity contribution in [3.8, 4) is 0 Å². The summed E-state index contributed by atoms with van der Waals surface area (Å²) in [6.07, 6.45) is 6.09. The molecule has 1 saturated heterocycles. The van der Waals surface area contributed by atoms with E-state index in [1.54, 1.807) is 0 Å². The maximum atomic E-state index is 11.6. The Morgan fingerprint density at radius 2 is 2.06 bits per heavy atom. The molecule has 4 nitrogen and oxygen atoms in total. The first-order chi connectivity index (χ1) is 8.09. The molecular formula is C13H24N2O2. The van der Waals surface area contributed by atoms with Crippen molar-refractivity contribution in [1.82, 2.24) is 9.80 Å². The van der Waals surface area contributed by atoms with Crippen LogP contribution in [-0.2, 0) is 9.53 Å². The van der Waals surface area contributed by atoms with Crippen LogP contribution in [0.1, 0.15) is 32.1 Å². The second-order valence-corrected chi connectivity index (χ2v) is 5.62. The SMILES string of the molecule is COC(=O)C1CCN1CC1(N(C)C)CCCC1. The number of rotatable bonds is 4. The maximum absolute atomic E-state index is 11.6. The van der Waals surface area contributed by atoms with Gasteiger partial charge in [-0.1, -0.05) is 12.8 Å². The molecule has 0 aromatic carbocycles. The van der Waals surface area contributed by atoms with Gasteiger partial charge in [0, 0.05) is 18.6 Å². The normalized spacial score (nSPS) is 28.1. The predicted molar refractivity (Wildman–Crippen MR) is 66.9 cm³/mol. The molecule has 0 aromatic heterocycles. The average molecular weight is 240 g/mol. The van der Waals surface area contributed by atoms with Crippen molar-refractivity contribution in [2.75, 3.05) is 34.3 Å². The van der Waals surface area contributed by atoms with Gasteiger partial charge in [-0.2, -0.15) is 0 Å². The van der Waals surface area contributed by atoms with Crippen LogP contribution in [0.25, 0.3) is 0 Å². The maximum Gasteiger partial charge on any atom is 0.323 e. The molecule has 1 aliphatic heterocycles. The highest BCUT2D eigenvalue weighted by molar-refractivity contribution is 5.76. The summed E-state index contributed by atoms with van der Waals surface area (Å²) < 4.78 is 4.85. The molecule has 2 aliphatic rings. The Morgan fingerprint density at radius 3 is 2.47 bits per heavy atom. The third kappa shape index (κ3) is 2.33. The summed E-state index contributed by atoms with van der Waals surface area (Å²) >= 11 is 0. The van der Waals surface area contributed by atoms with E-state index in [4.69, 9.17) is 4.74 Å². The lowest BCUT2D eigenvalue weighted by Gasteiger charge is -2.47. The van der Waals surface area contributed by atoms with E-state index < -0.39 is 0 Å². The minimum Gasteiger partial charge on any atom is -0.468 e. The monoisotopic (exact) mass is 240 g/mol. The van der Waals surface area contributed by atoms with Crippen LogP contribution in [0, 0.1) is 0 Å². The molecule has 1 unspecified atom stereocenters. The van der Waals surface area contributed by atoms with Crippen molar-refractivity contribution < 1.29 is 9.53 Å². The number of likely N-dealkylation sites (N-methyl/N-ethyl adjacent to an activating group) is 1. The first-order valence-corrected chi connectivity index (χ1v) is 6.58. The Morgan fingerprint density at radius 1 is 1.41 bits per heavy atom. The smallest absolute Gasteiger partial charge is 0.323 e. The zero-order valence-electron chi connectivity index (χ0n) is 11.2. The molecule has 0 bridgehead atoms. The van der Waals surface area contributed by atoms with Gasteiger partial charge in [0.05, 0.1) is 7.11 Å². The summed E-state index contributed by atoms with van der Waals surface area (Å²) in [5.41, 5.74) is 0.284. The molecule has 98 valence electrons. The molecule has 2 fully saturated rings. The molecule has 0 aromatic rings. The first kappa shape index (κ1) is 12.8. The van der Waals surface area contributed by atoms with Gasteiger partial charge in [0.2, 0.25) is 0 Å². The van der Waals surface area contributed by atoms with E-state index in [-0.39, 0.29) is 17.6 Å². The van der Waals surface area contributed by atoms with Crippen LogP contribution in [0.2, 0.25) is 0 Å². The third-order valence-electron chi connectivity index (χ3n) is 4.58. The highest BCUT2D eigenvalue weighted by Crippen LogP contribution is 2.36. The van der Waals surface area contributed by atoms with Gasteiger partial charge in [-0.15, -0.1) is 0 Å². The fraction of sp³-hybridized carbons (Fsp3) is 0.923. The minimum absolute atomic E-state index is 0.0115. The molecule has 1 saturated carbocycles. The van der Waals surface area contributed by atoms with E-state index in [2.05, 4.69) is 23.9 Å². The standard InChI is InChI=1S/C13H24N2O2/c1-14(2)13(7-4-5-8-13)10-15-9-6-11(15)12(16)17-3/h11H,4-10H2,1-3H3. The highest BCUT2D eigenvalue weighted by Gasteiger charge is 2.43. The average Bonchev–Trinajstić information content (AvgIpc) is 2.74. The molecule has 17 heavy (non-hydrogen) atoms. The summed E-state index contributed by atoms with van der Waals surface area (Å²) in [4.78, 5) is 16.2. The predicted octanol–water partition coefficient (Wildman–Crippen LogP) is 1.11. The Labute approximate surface area is 104 Å². The van der Waals surface area contributed by atoms with Crippen molar-refractivity contribution in [3.05, 3.63) is 0 Å². The van der Waals surface area contributed by atoms with Crippen molar-refractivity contribution >= 4 is 5.97 Å². The van der Waals surface area contributed by atoms with Gasteiger partial charge in [0.1, 0.15) is 6.04 Å². The molecule has 0 spiro atoms. The number of likely N-dealkylation sites (tertiary alicyclic amines) is 1. The lowest BCUT2D eigenvalue weighted by molar-refractivity contribution is -0.153. The van der Waals surface area contributed by atoms with Crippen LogP contribution < -0.4 is 0 Å². The third-order valence-corrected chi connectivity index (χ3v) is 4.58. The molecule has 4 heteroatoms. The minimum atomic E-state index is -0.0665. The zero-order valence-corrected chi connectivity index (χ0v) is 11.2. The van der Waals surface area contributed by atoms with Gasteiger partial charge >= 0.3 is 5.97 Å². The van der Waals surface area contributed by atoms with Crippen LogP contribution >= 0.6 is 0 Å². The van der Waals surface area contributed by atoms with Crippen molar-refractivity contribution in [3.63, 3.8) is 0 Å². The van der Waals surface area contributed by atoms with E-state index in [0.717, 1.165) is 19.5 Å². The molecule has 1 heterocycles.